The van der Waals surface area contributed by atoms with Gasteiger partial charge in [-0.15, -0.1) is 0 Å². The number of benzene rings is 2. The lowest BCUT2D eigenvalue weighted by molar-refractivity contribution is -0.277. The Kier molecular flexibility index (Phi) is 8.09. The van der Waals surface area contributed by atoms with E-state index < -0.39 is 60.5 Å². The summed E-state index contributed by atoms with van der Waals surface area (Å²) < 4.78 is 26.8. The van der Waals surface area contributed by atoms with Gasteiger partial charge in [0.25, 0.3) is 0 Å². The summed E-state index contributed by atoms with van der Waals surface area (Å²) >= 11 is 0. The van der Waals surface area contributed by atoms with E-state index >= 15 is 0 Å². The third-order valence-electron chi connectivity index (χ3n) is 5.28. The molecule has 13 nitrogen and oxygen atoms in total. The number of carbonyl (C=O) groups is 1. The molecule has 5 atom stereocenters. The van der Waals surface area contributed by atoms with Crippen LogP contribution >= 0.6 is 0 Å². The quantitative estimate of drug-likeness (QED) is 0.179. The Morgan fingerprint density at radius 2 is 1.49 bits per heavy atom. The molecule has 0 amide bonds. The Balaban J connectivity index is 1.80. The monoisotopic (exact) mass is 498 g/mol. The summed E-state index contributed by atoms with van der Waals surface area (Å²) in [6, 6.07) is 4.72. The fourth-order valence-corrected chi connectivity index (χ4v) is 3.37. The van der Waals surface area contributed by atoms with Crippen LogP contribution < -0.4 is 14.2 Å². The average Bonchev–Trinajstić information content (AvgIpc) is 2.85. The maximum absolute atomic E-state index is 12.3. The van der Waals surface area contributed by atoms with Crippen molar-refractivity contribution in [3.63, 3.8) is 0 Å². The smallest absolute Gasteiger partial charge is 0.338 e. The average molecular weight is 498 g/mol. The molecule has 192 valence electrons. The van der Waals surface area contributed by atoms with Crippen molar-refractivity contribution in [3.8, 4) is 34.5 Å². The molecule has 1 saturated heterocycles. The topological polar surface area (TPSA) is 205 Å². The summed E-state index contributed by atoms with van der Waals surface area (Å²) in [6.45, 7) is -0.936. The molecule has 13 heteroatoms. The Labute approximate surface area is 198 Å². The molecule has 7 N–H and O–H groups in total. The molecule has 2 aromatic rings. The molecule has 0 radical (unpaired) electrons. The van der Waals surface area contributed by atoms with Crippen LogP contribution in [-0.4, -0.2) is 93.2 Å². The van der Waals surface area contributed by atoms with Crippen molar-refractivity contribution in [3.05, 3.63) is 35.4 Å². The lowest BCUT2D eigenvalue weighted by Crippen LogP contribution is -2.60. The molecule has 3 rings (SSSR count). The van der Waals surface area contributed by atoms with Crippen LogP contribution in [0.3, 0.4) is 0 Å². The third-order valence-corrected chi connectivity index (χ3v) is 5.28. The Morgan fingerprint density at radius 3 is 2.00 bits per heavy atom. The largest absolute Gasteiger partial charge is 0.504 e. The Morgan fingerprint density at radius 1 is 0.914 bits per heavy atom. The van der Waals surface area contributed by atoms with Crippen molar-refractivity contribution in [1.82, 2.24) is 0 Å². The van der Waals surface area contributed by atoms with E-state index in [9.17, 15) is 40.5 Å². The fourth-order valence-electron chi connectivity index (χ4n) is 3.37. The minimum Gasteiger partial charge on any atom is -0.504 e. The summed E-state index contributed by atoms with van der Waals surface area (Å²) in [6.07, 6.45) is -7.56. The summed E-state index contributed by atoms with van der Waals surface area (Å²) in [4.78, 5) is 12.3. The number of aliphatic hydroxyl groups excluding tert-OH is 4. The van der Waals surface area contributed by atoms with Gasteiger partial charge in [-0.25, -0.2) is 4.79 Å². The molecule has 1 aliphatic rings. The van der Waals surface area contributed by atoms with Gasteiger partial charge in [0.2, 0.25) is 12.0 Å². The molecule has 1 aliphatic heterocycles. The van der Waals surface area contributed by atoms with Crippen molar-refractivity contribution in [2.45, 2.75) is 37.3 Å². The molecule has 1 fully saturated rings. The predicted molar refractivity (Wildman–Crippen MR) is 114 cm³/mol. The van der Waals surface area contributed by atoms with Crippen LogP contribution in [0.4, 0.5) is 0 Å². The Hall–Kier alpha value is -3.49. The normalized spacial score (nSPS) is 24.0. The van der Waals surface area contributed by atoms with E-state index in [2.05, 4.69) is 0 Å². The number of aromatic hydroxyl groups is 3. The van der Waals surface area contributed by atoms with Gasteiger partial charge in [-0.1, -0.05) is 0 Å². The summed E-state index contributed by atoms with van der Waals surface area (Å²) in [5, 5.41) is 68.0. The van der Waals surface area contributed by atoms with Gasteiger partial charge in [0.15, 0.2) is 28.7 Å². The number of hydrogen-bond donors (Lipinski definition) is 7. The first-order valence-electron chi connectivity index (χ1n) is 10.2. The fraction of sp³-hybridized carbons (Fsp3) is 0.409. The molecule has 0 aromatic heterocycles. The summed E-state index contributed by atoms with van der Waals surface area (Å²) in [5.41, 5.74) is 0.166. The maximum Gasteiger partial charge on any atom is 0.338 e. The van der Waals surface area contributed by atoms with Gasteiger partial charge in [0, 0.05) is 0 Å². The van der Waals surface area contributed by atoms with Crippen molar-refractivity contribution >= 4 is 5.97 Å². The van der Waals surface area contributed by atoms with E-state index in [4.69, 9.17) is 23.7 Å². The standard InChI is InChI=1S/C22H26O13/c1-31-13-3-9(8-33-21(30)10-5-11(24)16(26)12(25)6-10)4-14(32-2)20(13)35-22-19(29)18(28)17(27)15(7-23)34-22/h3-6,15,17-19,22-29H,7-8H2,1-2H3/t15-,17-,18+,19-,22+/m1/s1. The molecule has 2 aromatic carbocycles. The molecule has 1 heterocycles. The second-order valence-electron chi connectivity index (χ2n) is 7.58. The van der Waals surface area contributed by atoms with Crippen LogP contribution in [0, 0.1) is 0 Å². The summed E-state index contributed by atoms with van der Waals surface area (Å²) in [5.74, 6) is -2.96. The van der Waals surface area contributed by atoms with Crippen LogP contribution in [0.2, 0.25) is 0 Å². The lowest BCUT2D eigenvalue weighted by Gasteiger charge is -2.39. The van der Waals surface area contributed by atoms with E-state index in [1.807, 2.05) is 0 Å². The number of carbonyl (C=O) groups excluding carboxylic acids is 1. The van der Waals surface area contributed by atoms with Gasteiger partial charge >= 0.3 is 5.97 Å². The van der Waals surface area contributed by atoms with Gasteiger partial charge in [0.05, 0.1) is 26.4 Å². The molecule has 0 bridgehead atoms. The van der Waals surface area contributed by atoms with E-state index in [1.165, 1.54) is 26.4 Å². The van der Waals surface area contributed by atoms with Gasteiger partial charge < -0.3 is 59.4 Å². The molecule has 0 aliphatic carbocycles. The Bertz CT molecular complexity index is 1010. The molecular weight excluding hydrogens is 472 g/mol. The van der Waals surface area contributed by atoms with Crippen LogP contribution in [0.15, 0.2) is 24.3 Å². The number of aliphatic hydroxyl groups is 4. The minimum atomic E-state index is -1.67. The second kappa shape index (κ2) is 10.8. The van der Waals surface area contributed by atoms with E-state index in [-0.39, 0.29) is 29.4 Å². The zero-order valence-corrected chi connectivity index (χ0v) is 18.7. The van der Waals surface area contributed by atoms with Crippen molar-refractivity contribution in [1.29, 1.82) is 0 Å². The van der Waals surface area contributed by atoms with Gasteiger partial charge in [-0.2, -0.15) is 0 Å². The number of ether oxygens (including phenoxy) is 5. The lowest BCUT2D eigenvalue weighted by atomic mass is 9.99. The third kappa shape index (κ3) is 5.44. The van der Waals surface area contributed by atoms with Crippen molar-refractivity contribution in [2.75, 3.05) is 20.8 Å². The first kappa shape index (κ1) is 26.1. The highest BCUT2D eigenvalue weighted by molar-refractivity contribution is 5.91. The number of esters is 1. The van der Waals surface area contributed by atoms with Gasteiger partial charge in [-0.3, -0.25) is 0 Å². The zero-order chi connectivity index (χ0) is 25.9. The number of methoxy groups -OCH3 is 2. The number of rotatable bonds is 8. The predicted octanol–water partition coefficient (Wildman–Crippen LogP) is -0.644. The first-order chi connectivity index (χ1) is 16.6. The maximum atomic E-state index is 12.3. The van der Waals surface area contributed by atoms with E-state index in [0.29, 0.717) is 5.56 Å². The zero-order valence-electron chi connectivity index (χ0n) is 18.7. The van der Waals surface area contributed by atoms with Crippen molar-refractivity contribution < 1.29 is 64.2 Å². The molecule has 35 heavy (non-hydrogen) atoms. The number of phenols is 3. The van der Waals surface area contributed by atoms with Crippen LogP contribution in [0.25, 0.3) is 0 Å². The van der Waals surface area contributed by atoms with Crippen molar-refractivity contribution in [2.24, 2.45) is 0 Å². The minimum absolute atomic E-state index is 0.0391. The van der Waals surface area contributed by atoms with E-state index in [0.717, 1.165) is 12.1 Å². The molecular formula is C22H26O13. The first-order valence-corrected chi connectivity index (χ1v) is 10.2. The van der Waals surface area contributed by atoms with Gasteiger partial charge in [-0.05, 0) is 29.8 Å². The highest BCUT2D eigenvalue weighted by atomic mass is 16.7. The molecule has 0 unspecified atom stereocenters. The SMILES string of the molecule is COc1cc(COC(=O)c2cc(O)c(O)c(O)c2)cc(OC)c1O[C@@H]1O[C@H](CO)[C@@H](O)[C@H](O)[C@H]1O. The molecule has 0 spiro atoms. The number of phenolic OH excluding ortho intramolecular Hbond substituents is 3. The molecule has 0 saturated carbocycles. The van der Waals surface area contributed by atoms with Crippen LogP contribution in [-0.2, 0) is 16.1 Å². The van der Waals surface area contributed by atoms with E-state index in [1.54, 1.807) is 0 Å². The van der Waals surface area contributed by atoms with Crippen LogP contribution in [0.5, 0.6) is 34.5 Å². The van der Waals surface area contributed by atoms with Gasteiger partial charge in [0.1, 0.15) is 31.0 Å². The van der Waals surface area contributed by atoms with Crippen LogP contribution in [0.1, 0.15) is 15.9 Å². The second-order valence-corrected chi connectivity index (χ2v) is 7.58. The highest BCUT2D eigenvalue weighted by Gasteiger charge is 2.45. The summed E-state index contributed by atoms with van der Waals surface area (Å²) in [7, 11) is 2.62. The highest BCUT2D eigenvalue weighted by Crippen LogP contribution is 2.41. The number of hydrogen-bond acceptors (Lipinski definition) is 13.